The first-order valence-corrected chi connectivity index (χ1v) is 7.78. The summed E-state index contributed by atoms with van der Waals surface area (Å²) in [5, 5.41) is 14.0. The topological polar surface area (TPSA) is 50.7 Å². The average Bonchev–Trinajstić information content (AvgIpc) is 2.46. The van der Waals surface area contributed by atoms with E-state index in [2.05, 4.69) is 19.2 Å². The maximum Gasteiger partial charge on any atom is 0.119 e. The largest absolute Gasteiger partial charge is 0.491 e. The van der Waals surface area contributed by atoms with Crippen LogP contribution >= 0.6 is 11.6 Å². The Morgan fingerprint density at radius 1 is 1.19 bits per heavy atom. The second-order valence-corrected chi connectivity index (χ2v) is 5.77. The minimum absolute atomic E-state index is 0.232. The summed E-state index contributed by atoms with van der Waals surface area (Å²) in [6.45, 7) is 8.32. The number of hydrogen-bond donors (Lipinski definition) is 2. The first kappa shape index (κ1) is 18.2. The molecule has 2 N–H and O–H groups in total. The third-order valence-electron chi connectivity index (χ3n) is 3.18. The van der Waals surface area contributed by atoms with Gasteiger partial charge in [0.15, 0.2) is 0 Å². The molecule has 0 fully saturated rings. The Bertz CT molecular complexity index is 384. The van der Waals surface area contributed by atoms with Crippen molar-refractivity contribution in [1.29, 1.82) is 0 Å². The van der Waals surface area contributed by atoms with Gasteiger partial charge in [0.05, 0.1) is 6.61 Å². The quantitative estimate of drug-likeness (QED) is 0.697. The highest BCUT2D eigenvalue weighted by molar-refractivity contribution is 6.30. The zero-order valence-electron chi connectivity index (χ0n) is 13.0. The van der Waals surface area contributed by atoms with E-state index in [4.69, 9.17) is 21.1 Å². The van der Waals surface area contributed by atoms with Crippen LogP contribution in [-0.2, 0) is 4.74 Å². The molecule has 0 aliphatic rings. The number of rotatable bonds is 10. The van der Waals surface area contributed by atoms with Crippen LogP contribution in [0.2, 0.25) is 5.02 Å². The van der Waals surface area contributed by atoms with Crippen LogP contribution < -0.4 is 10.1 Å². The monoisotopic (exact) mass is 315 g/mol. The highest BCUT2D eigenvalue weighted by Gasteiger charge is 2.15. The summed E-state index contributed by atoms with van der Waals surface area (Å²) in [6, 6.07) is 7.33. The van der Waals surface area contributed by atoms with Crippen LogP contribution in [-0.4, -0.2) is 43.6 Å². The van der Waals surface area contributed by atoms with E-state index >= 15 is 0 Å². The van der Waals surface area contributed by atoms with E-state index in [1.807, 2.05) is 6.92 Å². The summed E-state index contributed by atoms with van der Waals surface area (Å²) in [6.07, 6.45) is -0.566. The predicted molar refractivity (Wildman–Crippen MR) is 86.1 cm³/mol. The van der Waals surface area contributed by atoms with E-state index in [-0.39, 0.29) is 12.6 Å². The third-order valence-corrected chi connectivity index (χ3v) is 3.43. The second-order valence-electron chi connectivity index (χ2n) is 5.34. The lowest BCUT2D eigenvalue weighted by Gasteiger charge is -2.23. The van der Waals surface area contributed by atoms with E-state index in [0.717, 1.165) is 0 Å². The number of benzene rings is 1. The van der Waals surface area contributed by atoms with Crippen LogP contribution in [0, 0.1) is 5.92 Å². The van der Waals surface area contributed by atoms with Gasteiger partial charge in [0, 0.05) is 24.2 Å². The average molecular weight is 316 g/mol. The SMILES string of the molecule is CCOCC(NCC(O)COc1ccc(Cl)cc1)C(C)C. The van der Waals surface area contributed by atoms with Gasteiger partial charge in [-0.25, -0.2) is 0 Å². The molecule has 0 saturated carbocycles. The summed E-state index contributed by atoms with van der Waals surface area (Å²) < 4.78 is 11.0. The van der Waals surface area contributed by atoms with Gasteiger partial charge >= 0.3 is 0 Å². The Hall–Kier alpha value is -0.810. The van der Waals surface area contributed by atoms with Gasteiger partial charge in [-0.1, -0.05) is 25.4 Å². The van der Waals surface area contributed by atoms with E-state index in [0.29, 0.717) is 36.4 Å². The molecule has 21 heavy (non-hydrogen) atoms. The summed E-state index contributed by atoms with van der Waals surface area (Å²) in [5.41, 5.74) is 0. The predicted octanol–water partition coefficient (Wildman–Crippen LogP) is 2.73. The second kappa shape index (κ2) is 10.0. The van der Waals surface area contributed by atoms with Crippen LogP contribution in [0.15, 0.2) is 24.3 Å². The molecule has 4 nitrogen and oxygen atoms in total. The maximum absolute atomic E-state index is 9.97. The normalized spacial score (nSPS) is 14.2. The standard InChI is InChI=1S/C16H26ClNO3/c1-4-20-11-16(12(2)3)18-9-14(19)10-21-15-7-5-13(17)6-8-15/h5-8,12,14,16,18-19H,4,9-11H2,1-3H3. The Morgan fingerprint density at radius 3 is 2.43 bits per heavy atom. The Morgan fingerprint density at radius 2 is 1.86 bits per heavy atom. The smallest absolute Gasteiger partial charge is 0.119 e. The van der Waals surface area contributed by atoms with E-state index in [1.165, 1.54) is 0 Å². The number of hydrogen-bond acceptors (Lipinski definition) is 4. The van der Waals surface area contributed by atoms with Crippen molar-refractivity contribution in [1.82, 2.24) is 5.32 Å². The van der Waals surface area contributed by atoms with Gasteiger partial charge in [0.25, 0.3) is 0 Å². The molecule has 0 spiro atoms. The number of ether oxygens (including phenoxy) is 2. The van der Waals surface area contributed by atoms with Crippen LogP contribution in [0.3, 0.4) is 0 Å². The maximum atomic E-state index is 9.97. The molecule has 2 unspecified atom stereocenters. The molecule has 0 radical (unpaired) electrons. The minimum Gasteiger partial charge on any atom is -0.491 e. The van der Waals surface area contributed by atoms with Crippen molar-refractivity contribution in [2.45, 2.75) is 32.9 Å². The zero-order chi connectivity index (χ0) is 15.7. The molecule has 5 heteroatoms. The van der Waals surface area contributed by atoms with Crippen molar-refractivity contribution in [2.75, 3.05) is 26.4 Å². The number of nitrogens with one attached hydrogen (secondary N) is 1. The van der Waals surface area contributed by atoms with Gasteiger partial charge in [0.2, 0.25) is 0 Å². The molecule has 0 aliphatic carbocycles. The lowest BCUT2D eigenvalue weighted by molar-refractivity contribution is 0.0799. The molecule has 1 aromatic carbocycles. The van der Waals surface area contributed by atoms with Crippen molar-refractivity contribution in [3.63, 3.8) is 0 Å². The molecule has 0 heterocycles. The van der Waals surface area contributed by atoms with Crippen molar-refractivity contribution in [3.8, 4) is 5.75 Å². The fraction of sp³-hybridized carbons (Fsp3) is 0.625. The molecule has 0 amide bonds. The zero-order valence-corrected chi connectivity index (χ0v) is 13.8. The Labute approximate surface area is 132 Å². The van der Waals surface area contributed by atoms with Crippen LogP contribution in [0.25, 0.3) is 0 Å². The van der Waals surface area contributed by atoms with E-state index in [1.54, 1.807) is 24.3 Å². The Balaban J connectivity index is 2.28. The van der Waals surface area contributed by atoms with Crippen molar-refractivity contribution in [3.05, 3.63) is 29.3 Å². The number of aliphatic hydroxyl groups is 1. The first-order valence-electron chi connectivity index (χ1n) is 7.40. The summed E-state index contributed by atoms with van der Waals surface area (Å²) in [7, 11) is 0. The van der Waals surface area contributed by atoms with Crippen molar-refractivity contribution >= 4 is 11.6 Å². The molecule has 0 aromatic heterocycles. The molecule has 120 valence electrons. The summed E-state index contributed by atoms with van der Waals surface area (Å²) in [5.74, 6) is 1.15. The van der Waals surface area contributed by atoms with Gasteiger partial charge in [0.1, 0.15) is 18.5 Å². The summed E-state index contributed by atoms with van der Waals surface area (Å²) in [4.78, 5) is 0. The fourth-order valence-corrected chi connectivity index (χ4v) is 1.93. The van der Waals surface area contributed by atoms with Crippen LogP contribution in [0.4, 0.5) is 0 Å². The van der Waals surface area contributed by atoms with Crippen LogP contribution in [0.1, 0.15) is 20.8 Å². The highest BCUT2D eigenvalue weighted by atomic mass is 35.5. The molecule has 2 atom stereocenters. The van der Waals surface area contributed by atoms with Crippen LogP contribution in [0.5, 0.6) is 5.75 Å². The summed E-state index contributed by atoms with van der Waals surface area (Å²) >= 11 is 5.80. The lowest BCUT2D eigenvalue weighted by atomic mass is 10.1. The van der Waals surface area contributed by atoms with E-state index in [9.17, 15) is 5.11 Å². The highest BCUT2D eigenvalue weighted by Crippen LogP contribution is 2.15. The van der Waals surface area contributed by atoms with Gasteiger partial charge < -0.3 is 19.9 Å². The number of halogens is 1. The molecular weight excluding hydrogens is 290 g/mol. The molecule has 0 saturated heterocycles. The van der Waals surface area contributed by atoms with Crippen molar-refractivity contribution in [2.24, 2.45) is 5.92 Å². The Kier molecular flexibility index (Phi) is 8.69. The van der Waals surface area contributed by atoms with Gasteiger partial charge in [-0.15, -0.1) is 0 Å². The molecular formula is C16H26ClNO3. The third kappa shape index (κ3) is 7.67. The molecule has 1 aromatic rings. The molecule has 0 aliphatic heterocycles. The number of aliphatic hydroxyl groups excluding tert-OH is 1. The van der Waals surface area contributed by atoms with Gasteiger partial charge in [-0.2, -0.15) is 0 Å². The van der Waals surface area contributed by atoms with Crippen molar-refractivity contribution < 1.29 is 14.6 Å². The van der Waals surface area contributed by atoms with Gasteiger partial charge in [-0.3, -0.25) is 0 Å². The fourth-order valence-electron chi connectivity index (χ4n) is 1.80. The van der Waals surface area contributed by atoms with Gasteiger partial charge in [-0.05, 0) is 37.1 Å². The minimum atomic E-state index is -0.566. The lowest BCUT2D eigenvalue weighted by Crippen LogP contribution is -2.43. The molecule has 1 rings (SSSR count). The first-order chi connectivity index (χ1) is 10.0. The van der Waals surface area contributed by atoms with E-state index < -0.39 is 6.10 Å². The molecule has 0 bridgehead atoms.